The Balaban J connectivity index is 3.06. The zero-order valence-corrected chi connectivity index (χ0v) is 5.81. The highest BCUT2D eigenvalue weighted by Gasteiger charge is 2.25. The van der Waals surface area contributed by atoms with Gasteiger partial charge in [0, 0.05) is 0 Å². The van der Waals surface area contributed by atoms with Crippen molar-refractivity contribution in [1.82, 2.24) is 0 Å². The van der Waals surface area contributed by atoms with Crippen LogP contribution in [0.25, 0.3) is 0 Å². The van der Waals surface area contributed by atoms with E-state index in [0.29, 0.717) is 0 Å². The van der Waals surface area contributed by atoms with Gasteiger partial charge in [0.15, 0.2) is 5.70 Å². The predicted molar refractivity (Wildman–Crippen MR) is 34.8 cm³/mol. The van der Waals surface area contributed by atoms with E-state index in [1.807, 2.05) is 0 Å². The standard InChI is InChI=1S/C6H3N3O3/c7-2-1-3-4(6(11)12)8-9-5(3)10/h1H2,(H,11,12). The van der Waals surface area contributed by atoms with Crippen LogP contribution >= 0.6 is 0 Å². The van der Waals surface area contributed by atoms with Crippen molar-refractivity contribution in [3.05, 3.63) is 11.3 Å². The lowest BCUT2D eigenvalue weighted by atomic mass is 10.1. The minimum atomic E-state index is -1.34. The number of nitrogens with zero attached hydrogens (tertiary/aromatic N) is 3. The third-order valence-corrected chi connectivity index (χ3v) is 1.24. The van der Waals surface area contributed by atoms with E-state index in [2.05, 4.69) is 10.2 Å². The van der Waals surface area contributed by atoms with Gasteiger partial charge in [-0.25, -0.2) is 4.79 Å². The number of amides is 1. The number of carboxylic acid groups (broad SMARTS) is 1. The third-order valence-electron chi connectivity index (χ3n) is 1.24. The summed E-state index contributed by atoms with van der Waals surface area (Å²) >= 11 is 0. The lowest BCUT2D eigenvalue weighted by Crippen LogP contribution is -2.02. The van der Waals surface area contributed by atoms with Gasteiger partial charge in [-0.3, -0.25) is 4.79 Å². The van der Waals surface area contributed by atoms with Crippen LogP contribution in [-0.2, 0) is 9.59 Å². The van der Waals surface area contributed by atoms with Crippen molar-refractivity contribution in [2.75, 3.05) is 0 Å². The Morgan fingerprint density at radius 2 is 2.25 bits per heavy atom. The molecule has 0 unspecified atom stereocenters. The van der Waals surface area contributed by atoms with Crippen LogP contribution in [0, 0.1) is 11.3 Å². The Morgan fingerprint density at radius 1 is 1.58 bits per heavy atom. The molecule has 0 bridgehead atoms. The van der Waals surface area contributed by atoms with Crippen molar-refractivity contribution in [2.45, 2.75) is 6.42 Å². The number of carbonyl (C=O) groups excluding carboxylic acids is 1. The van der Waals surface area contributed by atoms with Crippen LogP contribution in [0.15, 0.2) is 21.5 Å². The number of carboxylic acids is 1. The fraction of sp³-hybridized carbons (Fsp3) is 0.167. The maximum atomic E-state index is 10.7. The van der Waals surface area contributed by atoms with E-state index in [0.717, 1.165) is 0 Å². The second kappa shape index (κ2) is 2.92. The molecule has 1 heterocycles. The molecule has 0 aromatic carbocycles. The zero-order valence-electron chi connectivity index (χ0n) is 5.81. The van der Waals surface area contributed by atoms with Crippen molar-refractivity contribution < 1.29 is 14.7 Å². The maximum absolute atomic E-state index is 10.7. The SMILES string of the molecule is N#CCC1=C(C(=O)O)N=NC1=O. The fourth-order valence-corrected chi connectivity index (χ4v) is 0.728. The van der Waals surface area contributed by atoms with E-state index in [1.54, 1.807) is 6.07 Å². The Bertz CT molecular complexity index is 348. The molecule has 1 aliphatic heterocycles. The number of nitriles is 1. The van der Waals surface area contributed by atoms with E-state index >= 15 is 0 Å². The Kier molecular flexibility index (Phi) is 1.96. The van der Waals surface area contributed by atoms with Crippen molar-refractivity contribution in [2.24, 2.45) is 10.2 Å². The average molecular weight is 165 g/mol. The summed E-state index contributed by atoms with van der Waals surface area (Å²) in [7, 11) is 0. The molecule has 0 radical (unpaired) electrons. The molecule has 0 spiro atoms. The summed E-state index contributed by atoms with van der Waals surface area (Å²) in [5.41, 5.74) is -0.577. The number of rotatable bonds is 2. The highest BCUT2D eigenvalue weighted by molar-refractivity contribution is 6.04. The van der Waals surface area contributed by atoms with Gasteiger partial charge in [0.2, 0.25) is 0 Å². The van der Waals surface area contributed by atoms with Crippen LogP contribution in [0.1, 0.15) is 6.42 Å². The number of hydrogen-bond acceptors (Lipinski definition) is 4. The van der Waals surface area contributed by atoms with Gasteiger partial charge in [0.1, 0.15) is 0 Å². The van der Waals surface area contributed by atoms with Crippen molar-refractivity contribution in [1.29, 1.82) is 5.26 Å². The number of carbonyl (C=O) groups is 2. The number of azo groups is 1. The predicted octanol–water partition coefficient (Wildman–Crippen LogP) is 0.231. The molecular weight excluding hydrogens is 162 g/mol. The molecule has 0 saturated heterocycles. The zero-order chi connectivity index (χ0) is 9.14. The molecule has 1 aliphatic rings. The van der Waals surface area contributed by atoms with Crippen molar-refractivity contribution in [3.8, 4) is 6.07 Å². The van der Waals surface area contributed by atoms with Gasteiger partial charge < -0.3 is 5.11 Å². The van der Waals surface area contributed by atoms with Gasteiger partial charge in [-0.05, 0) is 0 Å². The van der Waals surface area contributed by atoms with Gasteiger partial charge >= 0.3 is 5.97 Å². The molecule has 6 heteroatoms. The molecule has 0 saturated carbocycles. The summed E-state index contributed by atoms with van der Waals surface area (Å²) in [6.07, 6.45) is -0.270. The minimum absolute atomic E-state index is 0.148. The van der Waals surface area contributed by atoms with Crippen LogP contribution in [0.5, 0.6) is 0 Å². The summed E-state index contributed by atoms with van der Waals surface area (Å²) < 4.78 is 0. The summed E-state index contributed by atoms with van der Waals surface area (Å²) in [5, 5.41) is 22.8. The van der Waals surface area contributed by atoms with E-state index in [1.165, 1.54) is 0 Å². The summed E-state index contributed by atoms with van der Waals surface area (Å²) in [4.78, 5) is 21.1. The largest absolute Gasteiger partial charge is 0.476 e. The first-order valence-electron chi connectivity index (χ1n) is 2.96. The number of aliphatic carboxylic acids is 1. The molecular formula is C6H3N3O3. The molecule has 0 aliphatic carbocycles. The first-order chi connectivity index (χ1) is 5.66. The molecule has 0 atom stereocenters. The van der Waals surface area contributed by atoms with Crippen LogP contribution in [-0.4, -0.2) is 17.0 Å². The van der Waals surface area contributed by atoms with Gasteiger partial charge in [0.25, 0.3) is 5.91 Å². The van der Waals surface area contributed by atoms with Gasteiger partial charge in [0.05, 0.1) is 18.1 Å². The lowest BCUT2D eigenvalue weighted by molar-refractivity contribution is -0.132. The molecule has 0 aromatic heterocycles. The van der Waals surface area contributed by atoms with Crippen molar-refractivity contribution in [3.63, 3.8) is 0 Å². The highest BCUT2D eigenvalue weighted by atomic mass is 16.4. The summed E-state index contributed by atoms with van der Waals surface area (Å²) in [5.74, 6) is -2.08. The van der Waals surface area contributed by atoms with Crippen LogP contribution < -0.4 is 0 Å². The quantitative estimate of drug-likeness (QED) is 0.632. The molecule has 1 rings (SSSR count). The van der Waals surface area contributed by atoms with Crippen LogP contribution in [0.2, 0.25) is 0 Å². The first kappa shape index (κ1) is 8.07. The van der Waals surface area contributed by atoms with Gasteiger partial charge in [-0.15, -0.1) is 10.2 Å². The fourth-order valence-electron chi connectivity index (χ4n) is 0.728. The van der Waals surface area contributed by atoms with Gasteiger partial charge in [-0.2, -0.15) is 5.26 Å². The average Bonchev–Trinajstić information content (AvgIpc) is 2.34. The third kappa shape index (κ3) is 1.20. The molecule has 6 nitrogen and oxygen atoms in total. The Hall–Kier alpha value is -2.03. The smallest absolute Gasteiger partial charge is 0.356 e. The van der Waals surface area contributed by atoms with Crippen LogP contribution in [0.3, 0.4) is 0 Å². The second-order valence-corrected chi connectivity index (χ2v) is 1.97. The summed E-state index contributed by atoms with van der Waals surface area (Å²) in [6, 6.07) is 1.66. The molecule has 0 fully saturated rings. The van der Waals surface area contributed by atoms with Crippen LogP contribution in [0.4, 0.5) is 0 Å². The molecule has 12 heavy (non-hydrogen) atoms. The number of hydrogen-bond donors (Lipinski definition) is 1. The van der Waals surface area contributed by atoms with E-state index in [4.69, 9.17) is 10.4 Å². The normalized spacial score (nSPS) is 15.1. The monoisotopic (exact) mass is 165 g/mol. The minimum Gasteiger partial charge on any atom is -0.476 e. The molecule has 1 amide bonds. The van der Waals surface area contributed by atoms with Crippen molar-refractivity contribution >= 4 is 11.9 Å². The Labute approximate surface area is 66.8 Å². The van der Waals surface area contributed by atoms with E-state index in [-0.39, 0.29) is 12.0 Å². The lowest BCUT2D eigenvalue weighted by Gasteiger charge is -1.90. The molecule has 1 N–H and O–H groups in total. The maximum Gasteiger partial charge on any atom is 0.356 e. The molecule has 60 valence electrons. The summed E-state index contributed by atoms with van der Waals surface area (Å²) in [6.45, 7) is 0. The first-order valence-corrected chi connectivity index (χ1v) is 2.96. The van der Waals surface area contributed by atoms with E-state index < -0.39 is 17.6 Å². The Morgan fingerprint density at radius 3 is 2.75 bits per heavy atom. The van der Waals surface area contributed by atoms with Gasteiger partial charge in [-0.1, -0.05) is 0 Å². The molecule has 0 aromatic rings. The van der Waals surface area contributed by atoms with E-state index in [9.17, 15) is 9.59 Å². The highest BCUT2D eigenvalue weighted by Crippen LogP contribution is 2.19. The second-order valence-electron chi connectivity index (χ2n) is 1.97. The topological polar surface area (TPSA) is 103 Å².